The van der Waals surface area contributed by atoms with Gasteiger partial charge in [-0.2, -0.15) is 0 Å². The van der Waals surface area contributed by atoms with E-state index >= 15 is 0 Å². The Morgan fingerprint density at radius 1 is 1.31 bits per heavy atom. The molecule has 0 saturated heterocycles. The van der Waals surface area contributed by atoms with E-state index in [2.05, 4.69) is 19.2 Å². The lowest BCUT2D eigenvalue weighted by atomic mass is 10.1. The maximum atomic E-state index is 8.72. The van der Waals surface area contributed by atoms with Crippen LogP contribution < -0.4 is 5.32 Å². The van der Waals surface area contributed by atoms with Crippen LogP contribution in [0.1, 0.15) is 26.7 Å². The Balaban J connectivity index is 3.27. The van der Waals surface area contributed by atoms with Crippen LogP contribution in [0.3, 0.4) is 0 Å². The molecule has 0 aliphatic rings. The molecule has 0 aromatic rings. The maximum Gasteiger partial charge on any atom is 0.0620 e. The summed E-state index contributed by atoms with van der Waals surface area (Å²) in [6, 6.07) is 0.289. The van der Waals surface area contributed by atoms with Gasteiger partial charge < -0.3 is 15.2 Å². The first-order valence-corrected chi connectivity index (χ1v) is 5.06. The Labute approximate surface area is 81.5 Å². The van der Waals surface area contributed by atoms with Crippen LogP contribution in [-0.4, -0.2) is 38.0 Å². The van der Waals surface area contributed by atoms with Crippen LogP contribution in [0, 0.1) is 5.92 Å². The minimum atomic E-state index is 0.221. The smallest absolute Gasteiger partial charge is 0.0620 e. The fraction of sp³-hybridized carbons (Fsp3) is 1.00. The van der Waals surface area contributed by atoms with Gasteiger partial charge in [0.2, 0.25) is 0 Å². The van der Waals surface area contributed by atoms with Crippen molar-refractivity contribution in [3.63, 3.8) is 0 Å². The second kappa shape index (κ2) is 8.48. The zero-order valence-electron chi connectivity index (χ0n) is 9.05. The van der Waals surface area contributed by atoms with Gasteiger partial charge in [-0.15, -0.1) is 0 Å². The van der Waals surface area contributed by atoms with E-state index in [1.807, 2.05) is 7.05 Å². The van der Waals surface area contributed by atoms with Gasteiger partial charge in [0.1, 0.15) is 0 Å². The van der Waals surface area contributed by atoms with Crippen molar-refractivity contribution in [2.45, 2.75) is 32.7 Å². The fourth-order valence-corrected chi connectivity index (χ4v) is 1.01. The zero-order valence-corrected chi connectivity index (χ0v) is 9.05. The van der Waals surface area contributed by atoms with Crippen molar-refractivity contribution in [3.05, 3.63) is 0 Å². The third kappa shape index (κ3) is 8.22. The monoisotopic (exact) mass is 189 g/mol. The summed E-state index contributed by atoms with van der Waals surface area (Å²) in [5.41, 5.74) is 0. The lowest BCUT2D eigenvalue weighted by Gasteiger charge is -2.15. The number of rotatable bonds is 8. The first-order valence-electron chi connectivity index (χ1n) is 5.06. The molecule has 0 spiro atoms. The number of ether oxygens (including phenoxy) is 1. The van der Waals surface area contributed by atoms with E-state index < -0.39 is 0 Å². The van der Waals surface area contributed by atoms with Crippen molar-refractivity contribution >= 4 is 0 Å². The third-order valence-electron chi connectivity index (χ3n) is 2.04. The number of aliphatic hydroxyl groups is 1. The molecule has 0 amide bonds. The summed E-state index contributed by atoms with van der Waals surface area (Å²) in [4.78, 5) is 0. The molecular weight excluding hydrogens is 166 g/mol. The van der Waals surface area contributed by atoms with E-state index in [1.165, 1.54) is 0 Å². The Morgan fingerprint density at radius 3 is 2.46 bits per heavy atom. The van der Waals surface area contributed by atoms with Crippen molar-refractivity contribution in [2.24, 2.45) is 5.92 Å². The summed E-state index contributed by atoms with van der Waals surface area (Å²) in [6.07, 6.45) is 1.87. The molecule has 0 radical (unpaired) electrons. The second-order valence-corrected chi connectivity index (χ2v) is 3.76. The van der Waals surface area contributed by atoms with Crippen molar-refractivity contribution in [1.82, 2.24) is 5.32 Å². The van der Waals surface area contributed by atoms with Crippen LogP contribution in [0.4, 0.5) is 0 Å². The first kappa shape index (κ1) is 12.9. The van der Waals surface area contributed by atoms with E-state index in [-0.39, 0.29) is 12.6 Å². The van der Waals surface area contributed by atoms with E-state index in [4.69, 9.17) is 9.84 Å². The Bertz CT molecular complexity index is 107. The lowest BCUT2D eigenvalue weighted by molar-refractivity contribution is 0.0959. The fourth-order valence-electron chi connectivity index (χ4n) is 1.01. The van der Waals surface area contributed by atoms with Crippen LogP contribution in [0.5, 0.6) is 0 Å². The summed E-state index contributed by atoms with van der Waals surface area (Å²) in [5.74, 6) is 0.700. The van der Waals surface area contributed by atoms with Crippen molar-refractivity contribution in [2.75, 3.05) is 26.9 Å². The predicted molar refractivity (Wildman–Crippen MR) is 54.8 cm³/mol. The van der Waals surface area contributed by atoms with Crippen molar-refractivity contribution in [1.29, 1.82) is 0 Å². The molecule has 0 saturated carbocycles. The van der Waals surface area contributed by atoms with Crippen molar-refractivity contribution in [3.8, 4) is 0 Å². The minimum Gasteiger partial charge on any atom is -0.396 e. The average molecular weight is 189 g/mol. The summed E-state index contributed by atoms with van der Waals surface area (Å²) in [5, 5.41) is 11.8. The largest absolute Gasteiger partial charge is 0.396 e. The van der Waals surface area contributed by atoms with E-state index in [9.17, 15) is 0 Å². The first-order chi connectivity index (χ1) is 6.20. The molecule has 1 atom stereocenters. The Hall–Kier alpha value is -0.120. The third-order valence-corrected chi connectivity index (χ3v) is 2.04. The van der Waals surface area contributed by atoms with Crippen LogP contribution in [-0.2, 0) is 4.74 Å². The van der Waals surface area contributed by atoms with E-state index in [0.29, 0.717) is 12.5 Å². The highest BCUT2D eigenvalue weighted by atomic mass is 16.5. The molecule has 0 bridgehead atoms. The van der Waals surface area contributed by atoms with Gasteiger partial charge in [-0.05, 0) is 25.8 Å². The van der Waals surface area contributed by atoms with Gasteiger partial charge in [0.15, 0.2) is 0 Å². The molecule has 3 nitrogen and oxygen atoms in total. The van der Waals surface area contributed by atoms with E-state index in [1.54, 1.807) is 0 Å². The molecule has 80 valence electrons. The van der Waals surface area contributed by atoms with Crippen LogP contribution in [0.25, 0.3) is 0 Å². The summed E-state index contributed by atoms with van der Waals surface area (Å²) in [6.45, 7) is 6.11. The topological polar surface area (TPSA) is 41.5 Å². The molecule has 1 unspecified atom stereocenters. The standard InChI is InChI=1S/C10H23NO2/c1-9(2)5-7-13-8-10(11-3)4-6-12/h9-12H,4-8H2,1-3H3. The average Bonchev–Trinajstić information content (AvgIpc) is 2.10. The van der Waals surface area contributed by atoms with Crippen LogP contribution in [0.15, 0.2) is 0 Å². The predicted octanol–water partition coefficient (Wildman–Crippen LogP) is 1.02. The van der Waals surface area contributed by atoms with Crippen molar-refractivity contribution < 1.29 is 9.84 Å². The quantitative estimate of drug-likeness (QED) is 0.560. The van der Waals surface area contributed by atoms with Gasteiger partial charge in [0.25, 0.3) is 0 Å². The molecule has 0 heterocycles. The molecule has 0 fully saturated rings. The molecule has 0 aromatic heterocycles. The number of aliphatic hydroxyl groups excluding tert-OH is 1. The summed E-state index contributed by atoms with van der Waals surface area (Å²) < 4.78 is 5.48. The Kier molecular flexibility index (Phi) is 8.40. The van der Waals surface area contributed by atoms with Gasteiger partial charge in [0, 0.05) is 19.3 Å². The minimum absolute atomic E-state index is 0.221. The highest BCUT2D eigenvalue weighted by molar-refractivity contribution is 4.62. The van der Waals surface area contributed by atoms with Gasteiger partial charge >= 0.3 is 0 Å². The summed E-state index contributed by atoms with van der Waals surface area (Å²) in [7, 11) is 1.89. The van der Waals surface area contributed by atoms with Gasteiger partial charge in [-0.3, -0.25) is 0 Å². The Morgan fingerprint density at radius 2 is 2.00 bits per heavy atom. The van der Waals surface area contributed by atoms with Crippen LogP contribution >= 0.6 is 0 Å². The molecule has 0 aromatic carbocycles. The number of hydrogen-bond acceptors (Lipinski definition) is 3. The molecule has 0 aliphatic carbocycles. The molecular formula is C10H23NO2. The second-order valence-electron chi connectivity index (χ2n) is 3.76. The zero-order chi connectivity index (χ0) is 10.1. The SMILES string of the molecule is CNC(CCO)COCCC(C)C. The number of likely N-dealkylation sites (N-methyl/N-ethyl adjacent to an activating group) is 1. The molecule has 13 heavy (non-hydrogen) atoms. The summed E-state index contributed by atoms with van der Waals surface area (Å²) >= 11 is 0. The normalized spacial score (nSPS) is 13.6. The molecule has 0 aliphatic heterocycles. The van der Waals surface area contributed by atoms with Crippen LogP contribution in [0.2, 0.25) is 0 Å². The highest BCUT2D eigenvalue weighted by Crippen LogP contribution is 2.00. The molecule has 2 N–H and O–H groups in total. The van der Waals surface area contributed by atoms with Gasteiger partial charge in [0.05, 0.1) is 6.61 Å². The maximum absolute atomic E-state index is 8.72. The van der Waals surface area contributed by atoms with E-state index in [0.717, 1.165) is 19.4 Å². The van der Waals surface area contributed by atoms with Gasteiger partial charge in [-0.25, -0.2) is 0 Å². The number of nitrogens with one attached hydrogen (secondary N) is 1. The molecule has 0 rings (SSSR count). The van der Waals surface area contributed by atoms with Gasteiger partial charge in [-0.1, -0.05) is 13.8 Å². The number of hydrogen-bond donors (Lipinski definition) is 2. The lowest BCUT2D eigenvalue weighted by Crippen LogP contribution is -2.31. The molecule has 3 heteroatoms. The highest BCUT2D eigenvalue weighted by Gasteiger charge is 2.04.